The summed E-state index contributed by atoms with van der Waals surface area (Å²) < 4.78 is 17.5. The Labute approximate surface area is 403 Å². The molecule has 8 atom stereocenters. The van der Waals surface area contributed by atoms with Gasteiger partial charge in [0.1, 0.15) is 24.4 Å². The average Bonchev–Trinajstić information content (AvgIpc) is 3.31. The molecular formula is C55H101NO10. The van der Waals surface area contributed by atoms with Gasteiger partial charge >= 0.3 is 5.97 Å². The molecule has 1 rings (SSSR count). The van der Waals surface area contributed by atoms with Crippen molar-refractivity contribution >= 4 is 11.9 Å². The molecule has 1 heterocycles. The lowest BCUT2D eigenvalue weighted by Crippen LogP contribution is -2.61. The number of unbranched alkanes of at least 4 members (excludes halogenated alkanes) is 27. The summed E-state index contributed by atoms with van der Waals surface area (Å²) in [5, 5.41) is 56.6. The summed E-state index contributed by atoms with van der Waals surface area (Å²) in [4.78, 5) is 26.3. The second-order valence-corrected chi connectivity index (χ2v) is 19.0. The molecule has 11 nitrogen and oxygen atoms in total. The molecule has 0 aromatic heterocycles. The molecular weight excluding hydrogens is 835 g/mol. The third-order valence-electron chi connectivity index (χ3n) is 12.8. The lowest BCUT2D eigenvalue weighted by Gasteiger charge is -2.41. The first kappa shape index (κ1) is 61.9. The third kappa shape index (κ3) is 32.6. The molecule has 0 bridgehead atoms. The number of ether oxygens (including phenoxy) is 3. The van der Waals surface area contributed by atoms with Crippen LogP contribution in [0.3, 0.4) is 0 Å². The number of allylic oxidation sites excluding steroid dienone is 5. The van der Waals surface area contributed by atoms with Crippen LogP contribution in [-0.2, 0) is 23.8 Å². The van der Waals surface area contributed by atoms with Gasteiger partial charge in [-0.25, -0.2) is 0 Å². The van der Waals surface area contributed by atoms with Crippen molar-refractivity contribution in [3.8, 4) is 0 Å². The van der Waals surface area contributed by atoms with Crippen LogP contribution < -0.4 is 5.32 Å². The zero-order valence-electron chi connectivity index (χ0n) is 42.3. The smallest absolute Gasteiger partial charge is 0.306 e. The number of aliphatic hydroxyl groups excluding tert-OH is 5. The Balaban J connectivity index is 2.78. The summed E-state index contributed by atoms with van der Waals surface area (Å²) in [7, 11) is 0. The fourth-order valence-electron chi connectivity index (χ4n) is 8.34. The van der Waals surface area contributed by atoms with Crippen LogP contribution >= 0.6 is 0 Å². The van der Waals surface area contributed by atoms with Crippen LogP contribution in [0.5, 0.6) is 0 Å². The highest BCUT2D eigenvalue weighted by molar-refractivity contribution is 5.80. The van der Waals surface area contributed by atoms with Gasteiger partial charge in [0.25, 0.3) is 0 Å². The summed E-state index contributed by atoms with van der Waals surface area (Å²) in [5.74, 6) is -1.23. The minimum Gasteiger partial charge on any atom is -0.454 e. The number of nitrogens with one attached hydrogen (secondary N) is 1. The van der Waals surface area contributed by atoms with Crippen LogP contribution in [0.4, 0.5) is 0 Å². The third-order valence-corrected chi connectivity index (χ3v) is 12.8. The molecule has 0 aromatic rings. The van der Waals surface area contributed by atoms with E-state index < -0.39 is 67.4 Å². The summed E-state index contributed by atoms with van der Waals surface area (Å²) in [5.41, 5.74) is 0. The van der Waals surface area contributed by atoms with Gasteiger partial charge in [0.15, 0.2) is 12.4 Å². The fraction of sp³-hybridized carbons (Fsp3) is 0.855. The summed E-state index contributed by atoms with van der Waals surface area (Å²) in [6.07, 6.45) is 39.1. The quantitative estimate of drug-likeness (QED) is 0.0196. The molecule has 1 saturated heterocycles. The minimum atomic E-state index is -1.62. The van der Waals surface area contributed by atoms with E-state index in [-0.39, 0.29) is 19.4 Å². The molecule has 66 heavy (non-hydrogen) atoms. The van der Waals surface area contributed by atoms with Crippen LogP contribution in [0.15, 0.2) is 36.5 Å². The molecule has 0 radical (unpaired) electrons. The van der Waals surface area contributed by atoms with Gasteiger partial charge in [0.05, 0.1) is 25.4 Å². The van der Waals surface area contributed by atoms with Crippen molar-refractivity contribution in [1.82, 2.24) is 5.32 Å². The number of aliphatic hydroxyl groups is 5. The standard InChI is InChI=1S/C55H101NO10/c1-4-7-10-13-16-19-22-24-27-30-33-36-39-42-48(59)54(63)56-46(47(58)41-38-35-32-29-26-21-18-15-12-9-6-3)45-64-55-53(52(62)51(61)49(44-57)65-55)66-50(60)43-40-37-34-31-28-25-23-20-17-14-11-8-5-2/h25,27-28,30,38,41,46-49,51-53,55,57-59,61-62H,4-24,26,29,31-37,39-40,42-45H2,1-3H3,(H,56,63)/b28-25-,30-27-,41-38+. The SMILES string of the molecule is CCCCCCCC/C=C\CCCCCC(=O)OC1C(OCC(NC(=O)C(O)CCCC/C=C\CCCCCCCCC)C(O)/C=C/CCCCCCCCCCC)OC(CO)C(O)C1O. The molecule has 1 aliphatic rings. The number of rotatable bonds is 45. The summed E-state index contributed by atoms with van der Waals surface area (Å²) in [6, 6.07) is -1.03. The van der Waals surface area contributed by atoms with Gasteiger partial charge in [-0.05, 0) is 77.0 Å². The van der Waals surface area contributed by atoms with Crippen molar-refractivity contribution in [2.24, 2.45) is 0 Å². The van der Waals surface area contributed by atoms with E-state index in [2.05, 4.69) is 50.4 Å². The molecule has 8 unspecified atom stereocenters. The van der Waals surface area contributed by atoms with Crippen molar-refractivity contribution in [3.05, 3.63) is 36.5 Å². The average molecular weight is 936 g/mol. The van der Waals surface area contributed by atoms with Gasteiger partial charge in [-0.1, -0.05) is 192 Å². The number of hydrogen-bond acceptors (Lipinski definition) is 10. The van der Waals surface area contributed by atoms with E-state index >= 15 is 0 Å². The highest BCUT2D eigenvalue weighted by atomic mass is 16.7. The molecule has 6 N–H and O–H groups in total. The molecule has 0 saturated carbocycles. The Morgan fingerprint density at radius 2 is 1.00 bits per heavy atom. The Hall–Kier alpha value is -2.12. The van der Waals surface area contributed by atoms with Crippen LogP contribution in [0.1, 0.15) is 239 Å². The van der Waals surface area contributed by atoms with Crippen molar-refractivity contribution in [1.29, 1.82) is 0 Å². The van der Waals surface area contributed by atoms with E-state index in [1.165, 1.54) is 128 Å². The number of carbonyl (C=O) groups excluding carboxylic acids is 2. The van der Waals surface area contributed by atoms with E-state index in [0.29, 0.717) is 12.8 Å². The second kappa shape index (κ2) is 44.1. The lowest BCUT2D eigenvalue weighted by molar-refractivity contribution is -0.305. The van der Waals surface area contributed by atoms with Crippen LogP contribution in [0.2, 0.25) is 0 Å². The monoisotopic (exact) mass is 936 g/mol. The first-order chi connectivity index (χ1) is 32.2. The van der Waals surface area contributed by atoms with Crippen molar-refractivity contribution in [2.45, 2.75) is 288 Å². The van der Waals surface area contributed by atoms with E-state index in [0.717, 1.165) is 64.2 Å². The van der Waals surface area contributed by atoms with Gasteiger partial charge in [-0.15, -0.1) is 0 Å². The Morgan fingerprint density at radius 1 is 0.576 bits per heavy atom. The number of amides is 1. The predicted molar refractivity (Wildman–Crippen MR) is 269 cm³/mol. The zero-order valence-corrected chi connectivity index (χ0v) is 42.3. The maximum atomic E-state index is 13.3. The molecule has 0 aliphatic carbocycles. The maximum Gasteiger partial charge on any atom is 0.306 e. The van der Waals surface area contributed by atoms with Crippen molar-refractivity contribution in [3.63, 3.8) is 0 Å². The van der Waals surface area contributed by atoms with Crippen molar-refractivity contribution < 1.29 is 49.3 Å². The van der Waals surface area contributed by atoms with Gasteiger partial charge in [0, 0.05) is 6.42 Å². The second-order valence-electron chi connectivity index (χ2n) is 19.0. The van der Waals surface area contributed by atoms with Crippen LogP contribution in [0, 0.1) is 0 Å². The summed E-state index contributed by atoms with van der Waals surface area (Å²) in [6.45, 7) is 5.72. The topological polar surface area (TPSA) is 175 Å². The van der Waals surface area contributed by atoms with Crippen LogP contribution in [0.25, 0.3) is 0 Å². The zero-order chi connectivity index (χ0) is 48.3. The largest absolute Gasteiger partial charge is 0.454 e. The molecule has 1 amide bonds. The Kier molecular flexibility index (Phi) is 41.4. The van der Waals surface area contributed by atoms with Gasteiger partial charge in [-0.3, -0.25) is 9.59 Å². The highest BCUT2D eigenvalue weighted by Crippen LogP contribution is 2.26. The van der Waals surface area contributed by atoms with E-state index in [1.807, 2.05) is 6.08 Å². The first-order valence-electron chi connectivity index (χ1n) is 27.3. The van der Waals surface area contributed by atoms with Crippen LogP contribution in [-0.4, -0.2) is 99.6 Å². The highest BCUT2D eigenvalue weighted by Gasteiger charge is 2.47. The maximum absolute atomic E-state index is 13.3. The first-order valence-corrected chi connectivity index (χ1v) is 27.3. The number of esters is 1. The minimum absolute atomic E-state index is 0.103. The van der Waals surface area contributed by atoms with Crippen molar-refractivity contribution in [2.75, 3.05) is 13.2 Å². The normalized spacial score (nSPS) is 20.4. The Morgan fingerprint density at radius 3 is 1.47 bits per heavy atom. The molecule has 11 heteroatoms. The molecule has 0 aromatic carbocycles. The number of carbonyl (C=O) groups is 2. The van der Waals surface area contributed by atoms with E-state index in [9.17, 15) is 35.1 Å². The van der Waals surface area contributed by atoms with Gasteiger partial charge in [0.2, 0.25) is 5.91 Å². The lowest BCUT2D eigenvalue weighted by atomic mass is 9.99. The molecule has 386 valence electrons. The molecule has 1 aliphatic heterocycles. The Bertz CT molecular complexity index is 1210. The molecule has 0 spiro atoms. The summed E-state index contributed by atoms with van der Waals surface area (Å²) >= 11 is 0. The molecule has 1 fully saturated rings. The van der Waals surface area contributed by atoms with Gasteiger partial charge in [-0.2, -0.15) is 0 Å². The van der Waals surface area contributed by atoms with E-state index in [4.69, 9.17) is 14.2 Å². The van der Waals surface area contributed by atoms with Gasteiger partial charge < -0.3 is 45.1 Å². The number of hydrogen-bond donors (Lipinski definition) is 6. The fourth-order valence-corrected chi connectivity index (χ4v) is 8.34. The van der Waals surface area contributed by atoms with E-state index in [1.54, 1.807) is 6.08 Å². The predicted octanol–water partition coefficient (Wildman–Crippen LogP) is 11.6.